The van der Waals surface area contributed by atoms with Crippen LogP contribution in [0.25, 0.3) is 0 Å². The molecule has 1 saturated heterocycles. The van der Waals surface area contributed by atoms with Crippen LogP contribution in [0.2, 0.25) is 0 Å². The standard InChI is InChI=1S/C15H24O2/c1-10(9-16)7-15-8-12-6-4-5-11(2)14(12,3)13(15)17-15/h11-13,16H,1,4-9H2,2-3H3/t11-,12+,13-,14+,15+/m1/s1. The molecule has 1 heterocycles. The quantitative estimate of drug-likeness (QED) is 0.603. The molecule has 0 aromatic rings. The number of fused-ring (bicyclic) bond motifs is 3. The van der Waals surface area contributed by atoms with Crippen LogP contribution in [-0.4, -0.2) is 23.4 Å². The van der Waals surface area contributed by atoms with Crippen LogP contribution >= 0.6 is 0 Å². The van der Waals surface area contributed by atoms with E-state index in [4.69, 9.17) is 9.84 Å². The molecule has 3 aliphatic rings. The topological polar surface area (TPSA) is 32.8 Å². The molecule has 0 aromatic heterocycles. The zero-order valence-electron chi connectivity index (χ0n) is 11.0. The average molecular weight is 236 g/mol. The van der Waals surface area contributed by atoms with Crippen molar-refractivity contribution in [3.05, 3.63) is 12.2 Å². The van der Waals surface area contributed by atoms with E-state index >= 15 is 0 Å². The van der Waals surface area contributed by atoms with Gasteiger partial charge in [-0.2, -0.15) is 0 Å². The van der Waals surface area contributed by atoms with Gasteiger partial charge in [0.2, 0.25) is 0 Å². The van der Waals surface area contributed by atoms with Crippen molar-refractivity contribution in [3.8, 4) is 0 Å². The van der Waals surface area contributed by atoms with E-state index in [1.807, 2.05) is 0 Å². The van der Waals surface area contributed by atoms with E-state index < -0.39 is 0 Å². The van der Waals surface area contributed by atoms with E-state index in [1.165, 1.54) is 25.7 Å². The first kappa shape index (κ1) is 11.7. The minimum atomic E-state index is 0.0534. The fourth-order valence-corrected chi connectivity index (χ4v) is 4.64. The number of hydrogen-bond donors (Lipinski definition) is 1. The van der Waals surface area contributed by atoms with Crippen LogP contribution in [0.1, 0.15) is 46.0 Å². The van der Waals surface area contributed by atoms with Crippen LogP contribution in [0.4, 0.5) is 0 Å². The monoisotopic (exact) mass is 236 g/mol. The number of epoxide rings is 1. The Morgan fingerprint density at radius 3 is 2.88 bits per heavy atom. The number of rotatable bonds is 3. The van der Waals surface area contributed by atoms with Crippen LogP contribution < -0.4 is 0 Å². The summed E-state index contributed by atoms with van der Waals surface area (Å²) in [6.45, 7) is 8.87. The molecule has 0 bridgehead atoms. The van der Waals surface area contributed by atoms with E-state index in [2.05, 4.69) is 20.4 Å². The van der Waals surface area contributed by atoms with Crippen molar-refractivity contribution >= 4 is 0 Å². The molecule has 2 aliphatic carbocycles. The van der Waals surface area contributed by atoms with Gasteiger partial charge in [-0.05, 0) is 30.3 Å². The summed E-state index contributed by atoms with van der Waals surface area (Å²) < 4.78 is 6.08. The van der Waals surface area contributed by atoms with Gasteiger partial charge in [-0.25, -0.2) is 0 Å². The fraction of sp³-hybridized carbons (Fsp3) is 0.867. The number of hydrogen-bond acceptors (Lipinski definition) is 2. The highest BCUT2D eigenvalue weighted by atomic mass is 16.6. The van der Waals surface area contributed by atoms with E-state index in [0.717, 1.165) is 23.8 Å². The van der Waals surface area contributed by atoms with Crippen molar-refractivity contribution in [2.24, 2.45) is 17.3 Å². The second-order valence-electron chi connectivity index (χ2n) is 6.75. The first-order valence-electron chi connectivity index (χ1n) is 6.98. The Balaban J connectivity index is 1.81. The van der Waals surface area contributed by atoms with Crippen molar-refractivity contribution in [2.45, 2.75) is 57.7 Å². The normalized spacial score (nSPS) is 51.8. The lowest BCUT2D eigenvalue weighted by molar-refractivity contribution is 0.00965. The first-order valence-corrected chi connectivity index (χ1v) is 6.98. The van der Waals surface area contributed by atoms with Crippen molar-refractivity contribution in [2.75, 3.05) is 6.61 Å². The van der Waals surface area contributed by atoms with Gasteiger partial charge in [0.15, 0.2) is 0 Å². The Bertz CT molecular complexity index is 351. The summed E-state index contributed by atoms with van der Waals surface area (Å²) in [6.07, 6.45) is 6.59. The molecule has 1 aliphatic heterocycles. The molecule has 2 saturated carbocycles. The number of aliphatic hydroxyl groups excluding tert-OH is 1. The van der Waals surface area contributed by atoms with Gasteiger partial charge in [0.1, 0.15) is 0 Å². The smallest absolute Gasteiger partial charge is 0.0994 e. The second kappa shape index (κ2) is 3.58. The van der Waals surface area contributed by atoms with Crippen LogP contribution in [-0.2, 0) is 4.74 Å². The molecule has 2 nitrogen and oxygen atoms in total. The largest absolute Gasteiger partial charge is 0.392 e. The van der Waals surface area contributed by atoms with Crippen LogP contribution in [0.3, 0.4) is 0 Å². The highest BCUT2D eigenvalue weighted by molar-refractivity contribution is 5.24. The summed E-state index contributed by atoms with van der Waals surface area (Å²) in [6, 6.07) is 0. The third-order valence-electron chi connectivity index (χ3n) is 5.83. The third-order valence-corrected chi connectivity index (χ3v) is 5.83. The van der Waals surface area contributed by atoms with E-state index in [0.29, 0.717) is 11.5 Å². The molecule has 5 atom stereocenters. The predicted octanol–water partition coefficient (Wildman–Crippen LogP) is 2.91. The molecule has 17 heavy (non-hydrogen) atoms. The van der Waals surface area contributed by atoms with Gasteiger partial charge < -0.3 is 9.84 Å². The van der Waals surface area contributed by atoms with Crippen LogP contribution in [0.5, 0.6) is 0 Å². The lowest BCUT2D eigenvalue weighted by Crippen LogP contribution is -2.38. The van der Waals surface area contributed by atoms with E-state index in [-0.39, 0.29) is 12.2 Å². The molecule has 0 spiro atoms. The zero-order valence-corrected chi connectivity index (χ0v) is 11.0. The second-order valence-corrected chi connectivity index (χ2v) is 6.75. The molecule has 0 amide bonds. The SMILES string of the molecule is C=C(CO)C[C@]12C[C@@H]3CCC[C@@H](C)[C@]3(C)[C@H]1O2. The van der Waals surface area contributed by atoms with Gasteiger partial charge in [0, 0.05) is 11.8 Å². The van der Waals surface area contributed by atoms with Gasteiger partial charge in [-0.1, -0.05) is 33.3 Å². The van der Waals surface area contributed by atoms with Gasteiger partial charge in [0.05, 0.1) is 18.3 Å². The summed E-state index contributed by atoms with van der Waals surface area (Å²) in [5.74, 6) is 1.61. The Hall–Kier alpha value is -0.340. The molecule has 0 unspecified atom stereocenters. The molecule has 2 heteroatoms. The lowest BCUT2D eigenvalue weighted by Gasteiger charge is -2.43. The molecule has 0 radical (unpaired) electrons. The van der Waals surface area contributed by atoms with Crippen molar-refractivity contribution in [1.82, 2.24) is 0 Å². The Kier molecular flexibility index (Phi) is 2.47. The molecule has 3 rings (SSSR count). The van der Waals surface area contributed by atoms with Gasteiger partial charge in [-0.15, -0.1) is 0 Å². The minimum Gasteiger partial charge on any atom is -0.392 e. The summed E-state index contributed by atoms with van der Waals surface area (Å²) in [5, 5.41) is 9.15. The number of ether oxygens (including phenoxy) is 1. The highest BCUT2D eigenvalue weighted by Crippen LogP contribution is 2.69. The van der Waals surface area contributed by atoms with Crippen LogP contribution in [0, 0.1) is 17.3 Å². The zero-order chi connectivity index (χ0) is 12.3. The Morgan fingerprint density at radius 2 is 2.24 bits per heavy atom. The summed E-state index contributed by atoms with van der Waals surface area (Å²) in [4.78, 5) is 0. The number of aliphatic hydroxyl groups is 1. The van der Waals surface area contributed by atoms with Gasteiger partial charge in [-0.3, -0.25) is 0 Å². The molecular weight excluding hydrogens is 212 g/mol. The maximum Gasteiger partial charge on any atom is 0.0994 e. The molecule has 96 valence electrons. The van der Waals surface area contributed by atoms with Crippen molar-refractivity contribution in [3.63, 3.8) is 0 Å². The van der Waals surface area contributed by atoms with Crippen molar-refractivity contribution in [1.29, 1.82) is 0 Å². The van der Waals surface area contributed by atoms with Crippen LogP contribution in [0.15, 0.2) is 12.2 Å². The maximum absolute atomic E-state index is 9.15. The first-order chi connectivity index (χ1) is 8.03. The summed E-state index contributed by atoms with van der Waals surface area (Å²) in [7, 11) is 0. The molecule has 1 N–H and O–H groups in total. The Morgan fingerprint density at radius 1 is 1.47 bits per heavy atom. The van der Waals surface area contributed by atoms with E-state index in [9.17, 15) is 0 Å². The molecular formula is C15H24O2. The highest BCUT2D eigenvalue weighted by Gasteiger charge is 2.73. The molecule has 0 aromatic carbocycles. The molecule has 3 fully saturated rings. The average Bonchev–Trinajstić information content (AvgIpc) is 2.94. The fourth-order valence-electron chi connectivity index (χ4n) is 4.64. The lowest BCUT2D eigenvalue weighted by atomic mass is 9.63. The van der Waals surface area contributed by atoms with E-state index in [1.54, 1.807) is 0 Å². The summed E-state index contributed by atoms with van der Waals surface area (Å²) >= 11 is 0. The predicted molar refractivity (Wildman–Crippen MR) is 67.7 cm³/mol. The maximum atomic E-state index is 9.15. The van der Waals surface area contributed by atoms with Crippen molar-refractivity contribution < 1.29 is 9.84 Å². The Labute approximate surface area is 104 Å². The third kappa shape index (κ3) is 1.47. The summed E-state index contributed by atoms with van der Waals surface area (Å²) in [5.41, 5.74) is 1.37. The minimum absolute atomic E-state index is 0.0534. The van der Waals surface area contributed by atoms with Gasteiger partial charge >= 0.3 is 0 Å². The van der Waals surface area contributed by atoms with Gasteiger partial charge in [0.25, 0.3) is 0 Å².